The third-order valence-electron chi connectivity index (χ3n) is 2.52. The van der Waals surface area contributed by atoms with Crippen LogP contribution in [0.4, 0.5) is 8.78 Å². The smallest absolute Gasteiger partial charge is 0.371 e. The molecule has 0 atom stereocenters. The highest BCUT2D eigenvalue weighted by Crippen LogP contribution is 2.15. The van der Waals surface area contributed by atoms with Crippen LogP contribution in [0, 0.1) is 11.6 Å². The Kier molecular flexibility index (Phi) is 4.05. The van der Waals surface area contributed by atoms with Crippen LogP contribution in [-0.2, 0) is 16.6 Å². The first kappa shape index (κ1) is 15.1. The van der Waals surface area contributed by atoms with Gasteiger partial charge in [-0.05, 0) is 18.2 Å². The zero-order valence-corrected chi connectivity index (χ0v) is 11.2. The maximum Gasteiger partial charge on any atom is 0.371 e. The number of nitrogens with one attached hydrogen (secondary N) is 1. The van der Waals surface area contributed by atoms with Gasteiger partial charge in [-0.25, -0.2) is 26.7 Å². The molecule has 2 rings (SSSR count). The summed E-state index contributed by atoms with van der Waals surface area (Å²) >= 11 is 0. The van der Waals surface area contributed by atoms with Gasteiger partial charge in [0.2, 0.25) is 10.9 Å². The molecule has 0 saturated carbocycles. The molecular formula is C12H9F2NO5S. The molecule has 0 aliphatic carbocycles. The summed E-state index contributed by atoms with van der Waals surface area (Å²) in [6.07, 6.45) is 0. The lowest BCUT2D eigenvalue weighted by Crippen LogP contribution is -2.23. The van der Waals surface area contributed by atoms with Crippen LogP contribution < -0.4 is 4.72 Å². The van der Waals surface area contributed by atoms with Crippen molar-refractivity contribution in [2.45, 2.75) is 11.6 Å². The van der Waals surface area contributed by atoms with E-state index in [0.29, 0.717) is 6.07 Å². The van der Waals surface area contributed by atoms with Crippen molar-refractivity contribution < 1.29 is 31.5 Å². The van der Waals surface area contributed by atoms with Gasteiger partial charge in [0.05, 0.1) is 0 Å². The molecule has 21 heavy (non-hydrogen) atoms. The van der Waals surface area contributed by atoms with Crippen LogP contribution in [0.1, 0.15) is 16.1 Å². The van der Waals surface area contributed by atoms with Crippen molar-refractivity contribution in [3.05, 3.63) is 53.3 Å². The van der Waals surface area contributed by atoms with Crippen LogP contribution in [0.25, 0.3) is 0 Å². The van der Waals surface area contributed by atoms with Gasteiger partial charge < -0.3 is 9.52 Å². The molecule has 112 valence electrons. The number of halogens is 2. The maximum atomic E-state index is 13.4. The first-order chi connectivity index (χ1) is 9.79. The number of carboxylic acid groups (broad SMARTS) is 1. The van der Waals surface area contributed by atoms with Crippen LogP contribution in [0.5, 0.6) is 0 Å². The van der Waals surface area contributed by atoms with E-state index in [-0.39, 0.29) is 5.56 Å². The highest BCUT2D eigenvalue weighted by molar-refractivity contribution is 7.89. The van der Waals surface area contributed by atoms with Gasteiger partial charge in [0.25, 0.3) is 10.0 Å². The summed E-state index contributed by atoms with van der Waals surface area (Å²) in [6.45, 7) is -0.433. The lowest BCUT2D eigenvalue weighted by atomic mass is 10.2. The summed E-state index contributed by atoms with van der Waals surface area (Å²) in [7, 11) is -4.14. The Labute approximate surface area is 118 Å². The molecule has 0 radical (unpaired) electrons. The van der Waals surface area contributed by atoms with Crippen molar-refractivity contribution >= 4 is 16.0 Å². The average Bonchev–Trinajstić information content (AvgIpc) is 2.88. The van der Waals surface area contributed by atoms with Crippen molar-refractivity contribution in [3.63, 3.8) is 0 Å². The lowest BCUT2D eigenvalue weighted by molar-refractivity contribution is 0.0656. The number of benzene rings is 1. The van der Waals surface area contributed by atoms with E-state index in [1.165, 1.54) is 0 Å². The summed E-state index contributed by atoms with van der Waals surface area (Å²) in [5, 5.41) is 8.03. The van der Waals surface area contributed by atoms with Gasteiger partial charge in [0, 0.05) is 18.2 Å². The van der Waals surface area contributed by atoms with Crippen molar-refractivity contribution in [2.24, 2.45) is 0 Å². The molecule has 0 saturated heterocycles. The largest absolute Gasteiger partial charge is 0.475 e. The number of hydrogen-bond acceptors (Lipinski definition) is 4. The third-order valence-corrected chi connectivity index (χ3v) is 3.80. The fourth-order valence-electron chi connectivity index (χ4n) is 1.49. The van der Waals surface area contributed by atoms with Gasteiger partial charge in [0.15, 0.2) is 0 Å². The van der Waals surface area contributed by atoms with Crippen LogP contribution in [0.15, 0.2) is 39.8 Å². The number of sulfonamides is 1. The molecule has 1 aromatic carbocycles. The van der Waals surface area contributed by atoms with Crippen molar-refractivity contribution in [1.82, 2.24) is 4.72 Å². The number of rotatable bonds is 5. The van der Waals surface area contributed by atoms with Crippen molar-refractivity contribution in [2.75, 3.05) is 0 Å². The minimum atomic E-state index is -4.14. The summed E-state index contributed by atoms with van der Waals surface area (Å²) in [6, 6.07) is 4.65. The van der Waals surface area contributed by atoms with E-state index in [9.17, 15) is 22.0 Å². The van der Waals surface area contributed by atoms with Gasteiger partial charge >= 0.3 is 5.97 Å². The highest BCUT2D eigenvalue weighted by atomic mass is 32.2. The van der Waals surface area contributed by atoms with Gasteiger partial charge in [-0.1, -0.05) is 6.07 Å². The van der Waals surface area contributed by atoms with E-state index in [2.05, 4.69) is 4.42 Å². The van der Waals surface area contributed by atoms with Crippen molar-refractivity contribution in [3.8, 4) is 0 Å². The number of carboxylic acids is 1. The molecule has 9 heteroatoms. The summed E-state index contributed by atoms with van der Waals surface area (Å²) in [5.74, 6) is -3.64. The Morgan fingerprint density at radius 3 is 2.52 bits per heavy atom. The van der Waals surface area contributed by atoms with Crippen LogP contribution >= 0.6 is 0 Å². The topological polar surface area (TPSA) is 96.6 Å². The van der Waals surface area contributed by atoms with E-state index >= 15 is 0 Å². The number of carbonyl (C=O) groups is 1. The van der Waals surface area contributed by atoms with E-state index in [1.54, 1.807) is 0 Å². The molecule has 0 amide bonds. The van der Waals surface area contributed by atoms with Gasteiger partial charge in [0.1, 0.15) is 11.6 Å². The molecule has 1 heterocycles. The summed E-state index contributed by atoms with van der Waals surface area (Å²) in [5.41, 5.74) is -0.0648. The first-order valence-corrected chi connectivity index (χ1v) is 7.04. The fourth-order valence-corrected chi connectivity index (χ4v) is 2.42. The molecule has 0 bridgehead atoms. The SMILES string of the molecule is O=C(O)c1ccc(S(=O)(=O)NCc2ccc(F)cc2F)o1. The molecule has 1 aromatic heterocycles. The predicted octanol–water partition coefficient (Wildman–Crippen LogP) is 1.73. The quantitative estimate of drug-likeness (QED) is 0.875. The standard InChI is InChI=1S/C12H9F2NO5S/c13-8-2-1-7(9(14)5-8)6-15-21(18,19)11-4-3-10(20-11)12(16)17/h1-5,15H,6H2,(H,16,17). The Bertz CT molecular complexity index is 785. The molecule has 0 aliphatic heterocycles. The van der Waals surface area contributed by atoms with Crippen LogP contribution in [0.3, 0.4) is 0 Å². The second-order valence-corrected chi connectivity index (χ2v) is 5.68. The fraction of sp³-hybridized carbons (Fsp3) is 0.0833. The predicted molar refractivity (Wildman–Crippen MR) is 66.1 cm³/mol. The molecular weight excluding hydrogens is 308 g/mol. The summed E-state index contributed by atoms with van der Waals surface area (Å²) in [4.78, 5) is 10.6. The number of aromatic carboxylic acids is 1. The number of hydrogen-bond donors (Lipinski definition) is 2. The second kappa shape index (κ2) is 5.62. The molecule has 2 aromatic rings. The molecule has 2 N–H and O–H groups in total. The average molecular weight is 317 g/mol. The highest BCUT2D eigenvalue weighted by Gasteiger charge is 2.21. The first-order valence-electron chi connectivity index (χ1n) is 5.56. The molecule has 0 aliphatic rings. The Morgan fingerprint density at radius 2 is 1.95 bits per heavy atom. The zero-order chi connectivity index (χ0) is 15.6. The van der Waals surface area contributed by atoms with Gasteiger partial charge in [-0.3, -0.25) is 0 Å². The van der Waals surface area contributed by atoms with Crippen LogP contribution in [-0.4, -0.2) is 19.5 Å². The lowest BCUT2D eigenvalue weighted by Gasteiger charge is -2.05. The van der Waals surface area contributed by atoms with E-state index < -0.39 is 45.0 Å². The Hall–Kier alpha value is -2.26. The monoisotopic (exact) mass is 317 g/mol. The van der Waals surface area contributed by atoms with E-state index in [0.717, 1.165) is 24.3 Å². The minimum absolute atomic E-state index is 0.0648. The van der Waals surface area contributed by atoms with E-state index in [4.69, 9.17) is 5.11 Å². The van der Waals surface area contributed by atoms with Crippen molar-refractivity contribution in [1.29, 1.82) is 0 Å². The van der Waals surface area contributed by atoms with E-state index in [1.807, 2.05) is 4.72 Å². The normalized spacial score (nSPS) is 11.5. The molecule has 0 unspecified atom stereocenters. The number of furan rings is 1. The Morgan fingerprint density at radius 1 is 1.24 bits per heavy atom. The van der Waals surface area contributed by atoms with Gasteiger partial charge in [-0.2, -0.15) is 0 Å². The Balaban J connectivity index is 2.15. The summed E-state index contributed by atoms with van der Waals surface area (Å²) < 4.78 is 56.4. The molecule has 0 spiro atoms. The minimum Gasteiger partial charge on any atom is -0.475 e. The molecule has 6 nitrogen and oxygen atoms in total. The van der Waals surface area contributed by atoms with Gasteiger partial charge in [-0.15, -0.1) is 0 Å². The van der Waals surface area contributed by atoms with Crippen LogP contribution in [0.2, 0.25) is 0 Å². The third kappa shape index (κ3) is 3.44. The zero-order valence-electron chi connectivity index (χ0n) is 10.3. The maximum absolute atomic E-state index is 13.4. The molecule has 0 fully saturated rings. The second-order valence-electron chi connectivity index (χ2n) is 3.98.